The van der Waals surface area contributed by atoms with Gasteiger partial charge in [0.2, 0.25) is 5.91 Å². The van der Waals surface area contributed by atoms with E-state index in [2.05, 4.69) is 34.1 Å². The lowest BCUT2D eigenvalue weighted by atomic mass is 9.86. The number of benzene rings is 2. The van der Waals surface area contributed by atoms with E-state index in [9.17, 15) is 4.79 Å². The quantitative estimate of drug-likeness (QED) is 0.574. The topological polar surface area (TPSA) is 46.3 Å². The van der Waals surface area contributed by atoms with Crippen molar-refractivity contribution in [3.8, 4) is 11.3 Å². The molecule has 0 saturated heterocycles. The number of carbonyl (C=O) groups excluding carboxylic acids is 1. The van der Waals surface area contributed by atoms with E-state index in [1.165, 1.54) is 11.1 Å². The number of aryl methyl sites for hydroxylation is 2. The third kappa shape index (κ3) is 3.84. The molecule has 148 valence electrons. The maximum Gasteiger partial charge on any atom is 0.223 e. The van der Waals surface area contributed by atoms with Crippen molar-refractivity contribution in [1.82, 2.24) is 9.88 Å². The van der Waals surface area contributed by atoms with Gasteiger partial charge in [0.25, 0.3) is 0 Å². The Balaban J connectivity index is 1.29. The van der Waals surface area contributed by atoms with Gasteiger partial charge in [0.05, 0.1) is 12.2 Å². The Kier molecular flexibility index (Phi) is 4.92. The zero-order valence-electron chi connectivity index (χ0n) is 16.6. The number of aromatic nitrogens is 1. The highest BCUT2D eigenvalue weighted by molar-refractivity contribution is 5.77. The zero-order chi connectivity index (χ0) is 19.6. The van der Waals surface area contributed by atoms with Gasteiger partial charge in [-0.2, -0.15) is 0 Å². The summed E-state index contributed by atoms with van der Waals surface area (Å²) in [6, 6.07) is 19.2. The molecule has 1 saturated carbocycles. The Labute approximate surface area is 171 Å². The second-order valence-electron chi connectivity index (χ2n) is 8.12. The van der Waals surface area contributed by atoms with E-state index in [0.717, 1.165) is 43.4 Å². The molecule has 4 nitrogen and oxygen atoms in total. The van der Waals surface area contributed by atoms with Crippen LogP contribution >= 0.6 is 0 Å². The fourth-order valence-corrected chi connectivity index (χ4v) is 4.51. The van der Waals surface area contributed by atoms with Crippen LogP contribution in [0.3, 0.4) is 0 Å². The standard InChI is InChI=1S/C25H26N2O2/c28-25(16-15-24-26-17-23(29-24)19-8-2-1-3-9-19)27(20-13-14-20)22-12-6-10-18-7-4-5-11-21(18)22/h1-5,7-9,11,17,20,22H,6,10,12-16H2. The van der Waals surface area contributed by atoms with Crippen LogP contribution < -0.4 is 0 Å². The van der Waals surface area contributed by atoms with E-state index in [-0.39, 0.29) is 11.9 Å². The van der Waals surface area contributed by atoms with Crippen molar-refractivity contribution >= 4 is 5.91 Å². The monoisotopic (exact) mass is 386 g/mol. The summed E-state index contributed by atoms with van der Waals surface area (Å²) in [5.41, 5.74) is 3.76. The molecule has 1 unspecified atom stereocenters. The first-order chi connectivity index (χ1) is 14.3. The second kappa shape index (κ2) is 7.86. The Morgan fingerprint density at radius 3 is 2.66 bits per heavy atom. The molecule has 1 heterocycles. The zero-order valence-corrected chi connectivity index (χ0v) is 16.6. The lowest BCUT2D eigenvalue weighted by Crippen LogP contribution is -2.38. The number of carbonyl (C=O) groups is 1. The van der Waals surface area contributed by atoms with Crippen molar-refractivity contribution < 1.29 is 9.21 Å². The van der Waals surface area contributed by atoms with E-state index in [0.29, 0.717) is 24.8 Å². The van der Waals surface area contributed by atoms with E-state index in [1.807, 2.05) is 30.3 Å². The summed E-state index contributed by atoms with van der Waals surface area (Å²) in [4.78, 5) is 19.8. The largest absolute Gasteiger partial charge is 0.441 e. The molecule has 0 N–H and O–H groups in total. The number of fused-ring (bicyclic) bond motifs is 1. The summed E-state index contributed by atoms with van der Waals surface area (Å²) in [5, 5.41) is 0. The van der Waals surface area contributed by atoms with Crippen LogP contribution in [0.2, 0.25) is 0 Å². The molecule has 2 aromatic carbocycles. The minimum atomic E-state index is 0.226. The summed E-state index contributed by atoms with van der Waals surface area (Å²) < 4.78 is 5.90. The average Bonchev–Trinajstić information content (AvgIpc) is 3.49. The summed E-state index contributed by atoms with van der Waals surface area (Å²) in [6.07, 6.45) is 8.34. The third-order valence-electron chi connectivity index (χ3n) is 6.07. The van der Waals surface area contributed by atoms with Gasteiger partial charge in [0.15, 0.2) is 11.7 Å². The van der Waals surface area contributed by atoms with Gasteiger partial charge in [-0.15, -0.1) is 0 Å². The van der Waals surface area contributed by atoms with Crippen molar-refractivity contribution in [2.45, 2.75) is 57.0 Å². The van der Waals surface area contributed by atoms with Gasteiger partial charge in [-0.05, 0) is 43.2 Å². The normalized spacial score (nSPS) is 18.3. The van der Waals surface area contributed by atoms with Crippen LogP contribution in [0.25, 0.3) is 11.3 Å². The Bertz CT molecular complexity index is 991. The van der Waals surface area contributed by atoms with Gasteiger partial charge in [-0.3, -0.25) is 4.79 Å². The van der Waals surface area contributed by atoms with Crippen molar-refractivity contribution in [2.75, 3.05) is 0 Å². The summed E-state index contributed by atoms with van der Waals surface area (Å²) in [5.74, 6) is 1.62. The molecule has 5 rings (SSSR count). The molecular formula is C25H26N2O2. The fraction of sp³-hybridized carbons (Fsp3) is 0.360. The van der Waals surface area contributed by atoms with Crippen molar-refractivity contribution in [3.63, 3.8) is 0 Å². The van der Waals surface area contributed by atoms with E-state index in [1.54, 1.807) is 6.20 Å². The van der Waals surface area contributed by atoms with Gasteiger partial charge in [0, 0.05) is 24.4 Å². The molecule has 0 spiro atoms. The predicted octanol–water partition coefficient (Wildman–Crippen LogP) is 5.34. The van der Waals surface area contributed by atoms with Crippen LogP contribution in [0.15, 0.2) is 65.2 Å². The van der Waals surface area contributed by atoms with Crippen LogP contribution in [0.4, 0.5) is 0 Å². The number of amides is 1. The lowest BCUT2D eigenvalue weighted by molar-refractivity contribution is -0.134. The second-order valence-corrected chi connectivity index (χ2v) is 8.12. The number of oxazole rings is 1. The van der Waals surface area contributed by atoms with Gasteiger partial charge in [-0.25, -0.2) is 4.98 Å². The molecule has 29 heavy (non-hydrogen) atoms. The van der Waals surface area contributed by atoms with Crippen LogP contribution in [0.1, 0.15) is 55.2 Å². The third-order valence-corrected chi connectivity index (χ3v) is 6.07. The molecule has 1 fully saturated rings. The van der Waals surface area contributed by atoms with Gasteiger partial charge in [0.1, 0.15) is 0 Å². The molecule has 2 aliphatic rings. The molecule has 0 aliphatic heterocycles. The molecule has 3 aromatic rings. The van der Waals surface area contributed by atoms with Crippen LogP contribution in [-0.4, -0.2) is 21.8 Å². The Morgan fingerprint density at radius 2 is 1.83 bits per heavy atom. The van der Waals surface area contributed by atoms with Crippen LogP contribution in [0.5, 0.6) is 0 Å². The van der Waals surface area contributed by atoms with Gasteiger partial charge >= 0.3 is 0 Å². The molecule has 0 radical (unpaired) electrons. The molecule has 1 amide bonds. The molecule has 4 heteroatoms. The summed E-state index contributed by atoms with van der Waals surface area (Å²) in [7, 11) is 0. The van der Waals surface area contributed by atoms with Gasteiger partial charge < -0.3 is 9.32 Å². The highest BCUT2D eigenvalue weighted by atomic mass is 16.4. The first-order valence-electron chi connectivity index (χ1n) is 10.7. The molecule has 1 atom stereocenters. The highest BCUT2D eigenvalue weighted by Gasteiger charge is 2.39. The number of nitrogens with zero attached hydrogens (tertiary/aromatic N) is 2. The predicted molar refractivity (Wildman–Crippen MR) is 112 cm³/mol. The number of rotatable bonds is 6. The molecular weight excluding hydrogens is 360 g/mol. The van der Waals surface area contributed by atoms with Crippen LogP contribution in [0, 0.1) is 0 Å². The maximum absolute atomic E-state index is 13.2. The Hall–Kier alpha value is -2.88. The first kappa shape index (κ1) is 18.2. The number of hydrogen-bond donors (Lipinski definition) is 0. The van der Waals surface area contributed by atoms with Crippen molar-refractivity contribution in [1.29, 1.82) is 0 Å². The highest BCUT2D eigenvalue weighted by Crippen LogP contribution is 2.41. The number of hydrogen-bond acceptors (Lipinski definition) is 3. The lowest BCUT2D eigenvalue weighted by Gasteiger charge is -2.36. The van der Waals surface area contributed by atoms with E-state index >= 15 is 0 Å². The fourth-order valence-electron chi connectivity index (χ4n) is 4.51. The van der Waals surface area contributed by atoms with E-state index < -0.39 is 0 Å². The van der Waals surface area contributed by atoms with Crippen molar-refractivity contribution in [3.05, 3.63) is 77.8 Å². The average molecular weight is 386 g/mol. The Morgan fingerprint density at radius 1 is 1.03 bits per heavy atom. The van der Waals surface area contributed by atoms with E-state index in [4.69, 9.17) is 4.42 Å². The summed E-state index contributed by atoms with van der Waals surface area (Å²) in [6.45, 7) is 0. The van der Waals surface area contributed by atoms with Gasteiger partial charge in [-0.1, -0.05) is 54.6 Å². The summed E-state index contributed by atoms with van der Waals surface area (Å²) >= 11 is 0. The smallest absolute Gasteiger partial charge is 0.223 e. The molecule has 1 aromatic heterocycles. The minimum Gasteiger partial charge on any atom is -0.441 e. The SMILES string of the molecule is O=C(CCc1ncc(-c2ccccc2)o1)N(C1CC1)C1CCCc2ccccc21. The van der Waals surface area contributed by atoms with Crippen molar-refractivity contribution in [2.24, 2.45) is 0 Å². The van der Waals surface area contributed by atoms with Crippen LogP contribution in [-0.2, 0) is 17.6 Å². The first-order valence-corrected chi connectivity index (χ1v) is 10.7. The molecule has 0 bridgehead atoms. The maximum atomic E-state index is 13.2. The molecule has 2 aliphatic carbocycles. The minimum absolute atomic E-state index is 0.226.